The number of β-lactam (4-membered cyclic amide) rings is 1. The van der Waals surface area contributed by atoms with E-state index in [-0.39, 0.29) is 34.6 Å². The number of nitrogens with zero attached hydrogens (tertiary/aromatic N) is 3. The number of amides is 3. The van der Waals surface area contributed by atoms with Gasteiger partial charge in [-0.2, -0.15) is 0 Å². The highest BCUT2D eigenvalue weighted by Gasteiger charge is 2.54. The van der Waals surface area contributed by atoms with E-state index in [1.54, 1.807) is 0 Å². The average Bonchev–Trinajstić information content (AvgIpc) is 3.17. The monoisotopic (exact) mass is 482 g/mol. The van der Waals surface area contributed by atoms with Gasteiger partial charge in [0.25, 0.3) is 11.8 Å². The number of thiazole rings is 1. The number of primary amides is 1. The molecule has 1 saturated heterocycles. The number of aromatic nitrogens is 1. The van der Waals surface area contributed by atoms with Crippen molar-refractivity contribution in [2.75, 3.05) is 25.2 Å². The molecule has 0 spiro atoms. The fraction of sp³-hybridized carbons (Fsp3) is 0.294. The van der Waals surface area contributed by atoms with E-state index in [9.17, 15) is 24.3 Å². The molecule has 3 heterocycles. The van der Waals surface area contributed by atoms with E-state index >= 15 is 0 Å². The summed E-state index contributed by atoms with van der Waals surface area (Å²) >= 11 is 2.37. The fourth-order valence-electron chi connectivity index (χ4n) is 2.99. The van der Waals surface area contributed by atoms with Crippen LogP contribution < -0.4 is 16.8 Å². The number of carboxylic acid groups (broad SMARTS) is 1. The number of nitrogen functional groups attached to an aromatic ring is 1. The van der Waals surface area contributed by atoms with Crippen LogP contribution in [0.25, 0.3) is 0 Å². The van der Waals surface area contributed by atoms with Crippen molar-refractivity contribution in [3.8, 4) is 0 Å². The number of aliphatic carboxylic acids is 1. The van der Waals surface area contributed by atoms with Crippen molar-refractivity contribution in [3.05, 3.63) is 34.5 Å². The van der Waals surface area contributed by atoms with Crippen molar-refractivity contribution < 1.29 is 33.9 Å². The van der Waals surface area contributed by atoms with Crippen molar-refractivity contribution in [1.82, 2.24) is 15.2 Å². The first-order chi connectivity index (χ1) is 15.2. The van der Waals surface area contributed by atoms with Crippen LogP contribution >= 0.6 is 23.1 Å². The van der Waals surface area contributed by atoms with E-state index in [1.807, 2.05) is 0 Å². The van der Waals surface area contributed by atoms with Crippen LogP contribution in [0.2, 0.25) is 0 Å². The highest BCUT2D eigenvalue weighted by Crippen LogP contribution is 2.40. The Labute approximate surface area is 189 Å². The quantitative estimate of drug-likeness (QED) is 0.212. The lowest BCUT2D eigenvalue weighted by atomic mass is 10.0. The van der Waals surface area contributed by atoms with Gasteiger partial charge in [0.1, 0.15) is 36.5 Å². The molecule has 32 heavy (non-hydrogen) atoms. The molecule has 0 aliphatic carbocycles. The lowest BCUT2D eigenvalue weighted by molar-refractivity contribution is -0.150. The van der Waals surface area contributed by atoms with Crippen LogP contribution in [-0.2, 0) is 24.0 Å². The molecule has 0 aromatic carbocycles. The SMILES string of the molecule is CO/N=C(/C(=O)N[C@@H]1C(=O)N2C(C(=O)O)=C(/C=C\COC(N)=O)CS[C@H]12)c1csc(N)n1. The van der Waals surface area contributed by atoms with E-state index in [1.165, 1.54) is 36.4 Å². The van der Waals surface area contributed by atoms with Gasteiger partial charge in [-0.15, -0.1) is 23.1 Å². The first-order valence-electron chi connectivity index (χ1n) is 8.87. The molecule has 0 unspecified atom stereocenters. The Balaban J connectivity index is 1.75. The van der Waals surface area contributed by atoms with Crippen molar-refractivity contribution in [1.29, 1.82) is 0 Å². The molecule has 6 N–H and O–H groups in total. The van der Waals surface area contributed by atoms with Crippen LogP contribution in [0.1, 0.15) is 5.69 Å². The lowest BCUT2D eigenvalue weighted by Crippen LogP contribution is -2.71. The van der Waals surface area contributed by atoms with Crippen LogP contribution in [0.3, 0.4) is 0 Å². The number of carboxylic acids is 1. The van der Waals surface area contributed by atoms with E-state index in [0.717, 1.165) is 16.2 Å². The standard InChI is InChI=1S/C17H18N6O7S2/c1-29-22-9(8-6-32-16(18)20-8)12(24)21-10-13(25)23-11(15(26)27)7(5-31-14(10)23)3-2-4-30-17(19)28/h2-3,6,10,14H,4-5H2,1H3,(H2,18,20)(H2,19,28)(H,21,24)(H,26,27)/b3-2-,22-9+/t10-,14-/m1/s1. The molecule has 170 valence electrons. The summed E-state index contributed by atoms with van der Waals surface area (Å²) < 4.78 is 4.57. The predicted molar refractivity (Wildman–Crippen MR) is 114 cm³/mol. The number of allylic oxidation sites excluding steroid dienone is 1. The second kappa shape index (κ2) is 9.69. The van der Waals surface area contributed by atoms with Crippen molar-refractivity contribution >= 4 is 57.8 Å². The van der Waals surface area contributed by atoms with Gasteiger partial charge in [-0.3, -0.25) is 14.5 Å². The number of carbonyl (C=O) groups excluding carboxylic acids is 3. The number of oxime groups is 1. The summed E-state index contributed by atoms with van der Waals surface area (Å²) in [6.45, 7) is -0.144. The van der Waals surface area contributed by atoms with Gasteiger partial charge in [0.15, 0.2) is 10.8 Å². The van der Waals surface area contributed by atoms with Crippen LogP contribution in [-0.4, -0.2) is 75.5 Å². The van der Waals surface area contributed by atoms with Crippen molar-refractivity contribution in [2.24, 2.45) is 10.9 Å². The molecule has 2 aliphatic rings. The highest BCUT2D eigenvalue weighted by atomic mass is 32.2. The van der Waals surface area contributed by atoms with Crippen LogP contribution in [0.5, 0.6) is 0 Å². The summed E-state index contributed by atoms with van der Waals surface area (Å²) in [4.78, 5) is 57.6. The Kier molecular flexibility index (Phi) is 6.99. The number of hydrogen-bond acceptors (Lipinski definition) is 11. The molecule has 0 saturated carbocycles. The van der Waals surface area contributed by atoms with Crippen LogP contribution in [0.4, 0.5) is 9.93 Å². The van der Waals surface area contributed by atoms with Crippen LogP contribution in [0, 0.1) is 0 Å². The number of anilines is 1. The second-order valence-electron chi connectivity index (χ2n) is 6.27. The third-order valence-electron chi connectivity index (χ3n) is 4.29. The number of carbonyl (C=O) groups is 4. The third kappa shape index (κ3) is 4.67. The molecule has 13 nitrogen and oxygen atoms in total. The zero-order chi connectivity index (χ0) is 23.4. The largest absolute Gasteiger partial charge is 0.477 e. The molecule has 0 radical (unpaired) electrons. The zero-order valence-corrected chi connectivity index (χ0v) is 18.1. The lowest BCUT2D eigenvalue weighted by Gasteiger charge is -2.49. The van der Waals surface area contributed by atoms with Crippen LogP contribution in [0.15, 0.2) is 34.0 Å². The minimum Gasteiger partial charge on any atom is -0.477 e. The maximum atomic E-state index is 12.7. The number of nitrogens with two attached hydrogens (primary N) is 2. The maximum Gasteiger partial charge on any atom is 0.404 e. The topological polar surface area (TPSA) is 200 Å². The molecule has 3 rings (SSSR count). The smallest absolute Gasteiger partial charge is 0.404 e. The minimum atomic E-state index is -1.30. The van der Waals surface area contributed by atoms with E-state index in [2.05, 4.69) is 20.2 Å². The molecule has 0 bridgehead atoms. The summed E-state index contributed by atoms with van der Waals surface area (Å²) in [5.41, 5.74) is 10.6. The number of thioether (sulfide) groups is 1. The summed E-state index contributed by atoms with van der Waals surface area (Å²) in [6, 6.07) is -0.969. The zero-order valence-electron chi connectivity index (χ0n) is 16.5. The van der Waals surface area contributed by atoms with Gasteiger partial charge < -0.3 is 31.5 Å². The Morgan fingerprint density at radius 2 is 2.22 bits per heavy atom. The van der Waals surface area contributed by atoms with Gasteiger partial charge in [-0.1, -0.05) is 11.2 Å². The Hall–Kier alpha value is -3.59. The van der Waals surface area contributed by atoms with E-state index < -0.39 is 35.3 Å². The molecule has 15 heteroatoms. The molecule has 2 aliphatic heterocycles. The first kappa shape index (κ1) is 23.1. The van der Waals surface area contributed by atoms with Gasteiger partial charge in [-0.05, 0) is 11.6 Å². The summed E-state index contributed by atoms with van der Waals surface area (Å²) in [5, 5.41) is 17.0. The second-order valence-corrected chi connectivity index (χ2v) is 8.26. The molecular weight excluding hydrogens is 464 g/mol. The molecule has 1 aromatic rings. The van der Waals surface area contributed by atoms with Gasteiger partial charge in [0.2, 0.25) is 0 Å². The molecule has 1 fully saturated rings. The summed E-state index contributed by atoms with van der Waals surface area (Å²) in [5.74, 6) is -2.37. The Morgan fingerprint density at radius 1 is 1.47 bits per heavy atom. The number of fused-ring (bicyclic) bond motifs is 1. The molecule has 1 aromatic heterocycles. The van der Waals surface area contributed by atoms with Gasteiger partial charge in [0, 0.05) is 11.1 Å². The van der Waals surface area contributed by atoms with Crippen molar-refractivity contribution in [2.45, 2.75) is 11.4 Å². The number of ether oxygens (including phenoxy) is 1. The first-order valence-corrected chi connectivity index (χ1v) is 10.8. The van der Waals surface area contributed by atoms with E-state index in [0.29, 0.717) is 5.57 Å². The Morgan fingerprint density at radius 3 is 2.81 bits per heavy atom. The molecular formula is C17H18N6O7S2. The summed E-state index contributed by atoms with van der Waals surface area (Å²) in [7, 11) is 1.25. The molecule has 2 atom stereocenters. The van der Waals surface area contributed by atoms with Crippen molar-refractivity contribution in [3.63, 3.8) is 0 Å². The maximum absolute atomic E-state index is 12.7. The normalized spacial score (nSPS) is 20.6. The average molecular weight is 483 g/mol. The molecule has 3 amide bonds. The number of nitrogens with one attached hydrogen (secondary N) is 1. The third-order valence-corrected chi connectivity index (χ3v) is 6.27. The fourth-order valence-corrected chi connectivity index (χ4v) is 4.86. The minimum absolute atomic E-state index is 0.144. The van der Waals surface area contributed by atoms with Gasteiger partial charge >= 0.3 is 12.1 Å². The predicted octanol–water partition coefficient (Wildman–Crippen LogP) is -0.534. The van der Waals surface area contributed by atoms with Gasteiger partial charge in [0.05, 0.1) is 0 Å². The number of hydrogen-bond donors (Lipinski definition) is 4. The Bertz CT molecular complexity index is 1050. The van der Waals surface area contributed by atoms with Gasteiger partial charge in [-0.25, -0.2) is 14.6 Å². The summed E-state index contributed by atoms with van der Waals surface area (Å²) in [6.07, 6.45) is 1.90. The van der Waals surface area contributed by atoms with E-state index in [4.69, 9.17) is 16.3 Å². The number of rotatable bonds is 8. The highest BCUT2D eigenvalue weighted by molar-refractivity contribution is 8.00.